The first-order valence-corrected chi connectivity index (χ1v) is 6.43. The highest BCUT2D eigenvalue weighted by molar-refractivity contribution is 8.07. The highest BCUT2D eigenvalue weighted by Crippen LogP contribution is 2.45. The third-order valence-corrected chi connectivity index (χ3v) is 2.51. The first-order valence-electron chi connectivity index (χ1n) is 3.84. The van der Waals surface area contributed by atoms with Crippen molar-refractivity contribution in [2.75, 3.05) is 6.61 Å². The van der Waals surface area contributed by atoms with E-state index in [1.165, 1.54) is 0 Å². The molecular weight excluding hydrogens is 199 g/mol. The maximum absolute atomic E-state index is 9.30. The molecule has 0 saturated heterocycles. The van der Waals surface area contributed by atoms with Gasteiger partial charge in [-0.1, -0.05) is 6.92 Å². The minimum Gasteiger partial charge on any atom is -0.323 e. The lowest BCUT2D eigenvalue weighted by Crippen LogP contribution is -2.06. The van der Waals surface area contributed by atoms with Crippen LogP contribution in [0.25, 0.3) is 0 Å². The summed E-state index contributed by atoms with van der Waals surface area (Å²) in [6, 6.07) is 0. The summed E-state index contributed by atoms with van der Waals surface area (Å²) in [5, 5.41) is 0. The van der Waals surface area contributed by atoms with Gasteiger partial charge in [-0.3, -0.25) is 0 Å². The van der Waals surface area contributed by atoms with Gasteiger partial charge in [0, 0.05) is 0 Å². The second kappa shape index (κ2) is 6.02. The Labute approximate surface area is 78.0 Å². The molecule has 0 aromatic carbocycles. The Morgan fingerprint density at radius 2 is 2.08 bits per heavy atom. The average molecular weight is 214 g/mol. The summed E-state index contributed by atoms with van der Waals surface area (Å²) in [6.45, 7) is 2.64. The molecule has 0 aliphatic carbocycles. The Bertz CT molecular complexity index is 164. The van der Waals surface area contributed by atoms with Gasteiger partial charge in [0.2, 0.25) is 0 Å². The molecule has 0 rings (SSSR count). The van der Waals surface area contributed by atoms with Crippen LogP contribution in [0.1, 0.15) is 27.2 Å². The van der Waals surface area contributed by atoms with Gasteiger partial charge in [0.05, 0.1) is 12.7 Å². The first kappa shape index (κ1) is 12.5. The quantitative estimate of drug-likeness (QED) is 0.416. The van der Waals surface area contributed by atoms with E-state index in [0.717, 1.165) is 6.42 Å². The lowest BCUT2D eigenvalue weighted by Gasteiger charge is -2.17. The summed E-state index contributed by atoms with van der Waals surface area (Å²) >= 11 is 4.65. The second-order valence-electron chi connectivity index (χ2n) is 2.27. The summed E-state index contributed by atoms with van der Waals surface area (Å²) in [4.78, 5) is 13.8. The van der Waals surface area contributed by atoms with E-state index in [0.29, 0.717) is 6.61 Å². The highest BCUT2D eigenvalue weighted by Gasteiger charge is 2.19. The molecule has 0 saturated carbocycles. The predicted molar refractivity (Wildman–Crippen MR) is 50.1 cm³/mol. The fourth-order valence-corrected chi connectivity index (χ4v) is 1.89. The summed E-state index contributed by atoms with van der Waals surface area (Å²) in [7, 11) is 0. The molecule has 0 aromatic heterocycles. The van der Waals surface area contributed by atoms with E-state index in [9.17, 15) is 4.89 Å². The lowest BCUT2D eigenvalue weighted by molar-refractivity contribution is -0.213. The smallest absolute Gasteiger partial charge is 0.323 e. The van der Waals surface area contributed by atoms with Gasteiger partial charge in [-0.25, -0.2) is 4.89 Å². The summed E-state index contributed by atoms with van der Waals surface area (Å²) in [5.41, 5.74) is 0. The third kappa shape index (κ3) is 6.06. The lowest BCUT2D eigenvalue weighted by atomic mass is 10.3. The van der Waals surface area contributed by atoms with Crippen LogP contribution in [0.4, 0.5) is 0 Å². The largest absolute Gasteiger partial charge is 0.353 e. The van der Waals surface area contributed by atoms with Crippen molar-refractivity contribution >= 4 is 18.5 Å². The number of hydrogen-bond donors (Lipinski definition) is 1. The van der Waals surface area contributed by atoms with Crippen molar-refractivity contribution in [1.82, 2.24) is 0 Å². The predicted octanol–water partition coefficient (Wildman–Crippen LogP) is 1.99. The zero-order chi connectivity index (χ0) is 9.61. The molecule has 1 N–H and O–H groups in total. The SMILES string of the molecule is CCOOP(O)(=S)OC(C)CC. The Balaban J connectivity index is 3.78. The minimum atomic E-state index is -3.17. The Morgan fingerprint density at radius 1 is 1.50 bits per heavy atom. The van der Waals surface area contributed by atoms with Crippen LogP contribution in [0.15, 0.2) is 0 Å². The summed E-state index contributed by atoms with van der Waals surface area (Å²) in [5.74, 6) is 0. The average Bonchev–Trinajstić information content (AvgIpc) is 2.00. The zero-order valence-electron chi connectivity index (χ0n) is 7.52. The molecule has 0 spiro atoms. The standard InChI is InChI=1S/C6H15O4PS/c1-4-6(3)9-11(7,12)10-8-5-2/h6H,4-5H2,1-3H3,(H,7,12). The van der Waals surface area contributed by atoms with Crippen LogP contribution in [0, 0.1) is 0 Å². The minimum absolute atomic E-state index is 0.110. The fourth-order valence-electron chi connectivity index (χ4n) is 0.439. The second-order valence-corrected chi connectivity index (χ2v) is 4.96. The van der Waals surface area contributed by atoms with E-state index >= 15 is 0 Å². The molecule has 0 aliphatic rings. The molecule has 6 heteroatoms. The van der Waals surface area contributed by atoms with Gasteiger partial charge in [-0.15, -0.1) is 4.67 Å². The van der Waals surface area contributed by atoms with Crippen molar-refractivity contribution < 1.29 is 19.0 Å². The molecule has 74 valence electrons. The molecule has 0 aliphatic heterocycles. The van der Waals surface area contributed by atoms with Gasteiger partial charge in [0.1, 0.15) is 0 Å². The van der Waals surface area contributed by atoms with Gasteiger partial charge in [0.15, 0.2) is 0 Å². The van der Waals surface area contributed by atoms with E-state index in [-0.39, 0.29) is 6.10 Å². The molecule has 12 heavy (non-hydrogen) atoms. The van der Waals surface area contributed by atoms with Gasteiger partial charge in [-0.05, 0) is 32.1 Å². The van der Waals surface area contributed by atoms with Crippen molar-refractivity contribution in [1.29, 1.82) is 0 Å². The molecule has 0 heterocycles. The maximum Gasteiger partial charge on any atom is 0.353 e. The topological polar surface area (TPSA) is 47.9 Å². The Kier molecular flexibility index (Phi) is 6.27. The van der Waals surface area contributed by atoms with Crippen LogP contribution in [-0.2, 0) is 25.9 Å². The summed E-state index contributed by atoms with van der Waals surface area (Å²) in [6.07, 6.45) is 0.662. The van der Waals surface area contributed by atoms with E-state index in [1.54, 1.807) is 6.92 Å². The van der Waals surface area contributed by atoms with Crippen LogP contribution in [0.3, 0.4) is 0 Å². The maximum atomic E-state index is 9.30. The molecule has 0 bridgehead atoms. The van der Waals surface area contributed by atoms with Crippen LogP contribution < -0.4 is 0 Å². The van der Waals surface area contributed by atoms with E-state index in [4.69, 9.17) is 4.52 Å². The normalized spacial score (nSPS) is 18.7. The van der Waals surface area contributed by atoms with E-state index in [2.05, 4.69) is 21.4 Å². The molecule has 2 atom stereocenters. The van der Waals surface area contributed by atoms with E-state index in [1.807, 2.05) is 13.8 Å². The molecule has 0 radical (unpaired) electrons. The van der Waals surface area contributed by atoms with Crippen molar-refractivity contribution in [2.24, 2.45) is 0 Å². The van der Waals surface area contributed by atoms with Crippen molar-refractivity contribution in [2.45, 2.75) is 33.3 Å². The van der Waals surface area contributed by atoms with Crippen molar-refractivity contribution in [3.05, 3.63) is 0 Å². The molecule has 0 amide bonds. The molecule has 0 aromatic rings. The van der Waals surface area contributed by atoms with Crippen LogP contribution in [0.5, 0.6) is 0 Å². The molecule has 0 fully saturated rings. The van der Waals surface area contributed by atoms with Crippen molar-refractivity contribution in [3.63, 3.8) is 0 Å². The molecule has 2 unspecified atom stereocenters. The molecular formula is C6H15O4PS. The number of rotatable bonds is 6. The monoisotopic (exact) mass is 214 g/mol. The third-order valence-electron chi connectivity index (χ3n) is 1.15. The highest BCUT2D eigenvalue weighted by atomic mass is 32.5. The van der Waals surface area contributed by atoms with Crippen molar-refractivity contribution in [3.8, 4) is 0 Å². The number of hydrogen-bond acceptors (Lipinski definition) is 4. The van der Waals surface area contributed by atoms with E-state index < -0.39 is 6.72 Å². The van der Waals surface area contributed by atoms with Crippen LogP contribution >= 0.6 is 6.72 Å². The summed E-state index contributed by atoms with van der Waals surface area (Å²) < 4.78 is 9.53. The van der Waals surface area contributed by atoms with Gasteiger partial charge < -0.3 is 9.42 Å². The Hall–Kier alpha value is 0.490. The van der Waals surface area contributed by atoms with Gasteiger partial charge in [-0.2, -0.15) is 0 Å². The van der Waals surface area contributed by atoms with Crippen LogP contribution in [0.2, 0.25) is 0 Å². The fraction of sp³-hybridized carbons (Fsp3) is 1.00. The van der Waals surface area contributed by atoms with Crippen LogP contribution in [-0.4, -0.2) is 17.6 Å². The molecule has 4 nitrogen and oxygen atoms in total. The van der Waals surface area contributed by atoms with Gasteiger partial charge >= 0.3 is 6.72 Å². The Morgan fingerprint density at radius 3 is 2.50 bits per heavy atom. The van der Waals surface area contributed by atoms with Gasteiger partial charge in [0.25, 0.3) is 0 Å². The first-order chi connectivity index (χ1) is 5.52. The zero-order valence-corrected chi connectivity index (χ0v) is 9.23.